The van der Waals surface area contributed by atoms with E-state index in [1.807, 2.05) is 6.21 Å². The predicted molar refractivity (Wildman–Crippen MR) is 64.5 cm³/mol. The molecule has 2 nitrogen and oxygen atoms in total. The molecule has 0 atom stereocenters. The first-order valence-electron chi connectivity index (χ1n) is 5.82. The Kier molecular flexibility index (Phi) is 2.01. The predicted octanol–water partition coefficient (Wildman–Crippen LogP) is 2.72. The van der Waals surface area contributed by atoms with Gasteiger partial charge in [0.05, 0.1) is 5.69 Å². The summed E-state index contributed by atoms with van der Waals surface area (Å²) in [5.41, 5.74) is 5.69. The molecule has 2 aliphatic heterocycles. The second kappa shape index (κ2) is 3.37. The summed E-state index contributed by atoms with van der Waals surface area (Å²) in [6, 6.07) is 4.44. The molecule has 1 aromatic carbocycles. The lowest BCUT2D eigenvalue weighted by Crippen LogP contribution is -2.20. The zero-order chi connectivity index (χ0) is 10.3. The minimum absolute atomic E-state index is 1.10. The number of benzene rings is 1. The van der Waals surface area contributed by atoms with Crippen molar-refractivity contribution in [2.45, 2.75) is 26.2 Å². The molecular formula is C13H16N2. The number of hydrogen-bond donors (Lipinski definition) is 0. The van der Waals surface area contributed by atoms with E-state index in [1.165, 1.54) is 41.9 Å². The summed E-state index contributed by atoms with van der Waals surface area (Å²) in [6.45, 7) is 4.54. The smallest absolute Gasteiger partial charge is 0.0678 e. The van der Waals surface area contributed by atoms with Crippen LogP contribution in [0.3, 0.4) is 0 Å². The number of hydrogen-bond acceptors (Lipinski definition) is 2. The van der Waals surface area contributed by atoms with Crippen molar-refractivity contribution < 1.29 is 0 Å². The van der Waals surface area contributed by atoms with Crippen LogP contribution in [0.1, 0.15) is 24.5 Å². The fourth-order valence-corrected chi connectivity index (χ4v) is 2.69. The molecule has 15 heavy (non-hydrogen) atoms. The Bertz CT molecular complexity index is 421. The first-order valence-corrected chi connectivity index (χ1v) is 5.82. The van der Waals surface area contributed by atoms with E-state index in [0.717, 1.165) is 13.0 Å². The minimum Gasteiger partial charge on any atom is -0.371 e. The Labute approximate surface area is 90.6 Å². The minimum atomic E-state index is 1.10. The molecule has 0 radical (unpaired) electrons. The Morgan fingerprint density at radius 1 is 1.33 bits per heavy atom. The highest BCUT2D eigenvalue weighted by Gasteiger charge is 2.23. The molecule has 0 aromatic heterocycles. The summed E-state index contributed by atoms with van der Waals surface area (Å²) in [6.07, 6.45) is 5.51. The molecule has 3 rings (SSSR count). The maximum Gasteiger partial charge on any atom is 0.0678 e. The fraction of sp³-hybridized carbons (Fsp3) is 0.462. The lowest BCUT2D eigenvalue weighted by molar-refractivity contribution is 0.860. The Morgan fingerprint density at radius 3 is 3.13 bits per heavy atom. The lowest BCUT2D eigenvalue weighted by Gasteiger charge is -2.22. The molecule has 78 valence electrons. The molecule has 2 aliphatic rings. The molecule has 0 N–H and O–H groups in total. The van der Waals surface area contributed by atoms with Crippen molar-refractivity contribution >= 4 is 17.6 Å². The van der Waals surface area contributed by atoms with Gasteiger partial charge in [0.25, 0.3) is 0 Å². The van der Waals surface area contributed by atoms with Gasteiger partial charge in [0.1, 0.15) is 0 Å². The summed E-state index contributed by atoms with van der Waals surface area (Å²) in [7, 11) is 0. The average Bonchev–Trinajstić information content (AvgIpc) is 2.72. The Hall–Kier alpha value is -1.31. The van der Waals surface area contributed by atoms with E-state index in [-0.39, 0.29) is 0 Å². The van der Waals surface area contributed by atoms with Crippen LogP contribution in [-0.2, 0) is 12.8 Å². The van der Waals surface area contributed by atoms with Crippen LogP contribution in [0.5, 0.6) is 0 Å². The van der Waals surface area contributed by atoms with Gasteiger partial charge in [-0.25, -0.2) is 0 Å². The second-order valence-corrected chi connectivity index (χ2v) is 4.25. The molecule has 0 fully saturated rings. The van der Waals surface area contributed by atoms with Gasteiger partial charge in [-0.3, -0.25) is 4.99 Å². The number of rotatable bonds is 1. The van der Waals surface area contributed by atoms with E-state index in [4.69, 9.17) is 0 Å². The van der Waals surface area contributed by atoms with Crippen molar-refractivity contribution in [3.05, 3.63) is 23.3 Å². The maximum absolute atomic E-state index is 4.49. The Balaban J connectivity index is 2.17. The summed E-state index contributed by atoms with van der Waals surface area (Å²) >= 11 is 0. The van der Waals surface area contributed by atoms with Crippen LogP contribution in [0.2, 0.25) is 0 Å². The van der Waals surface area contributed by atoms with Gasteiger partial charge in [0.2, 0.25) is 0 Å². The van der Waals surface area contributed by atoms with Crippen LogP contribution in [-0.4, -0.2) is 19.3 Å². The zero-order valence-electron chi connectivity index (χ0n) is 9.16. The first kappa shape index (κ1) is 8.96. The first-order chi connectivity index (χ1) is 7.40. The van der Waals surface area contributed by atoms with E-state index in [9.17, 15) is 0 Å². The summed E-state index contributed by atoms with van der Waals surface area (Å²) in [5.74, 6) is 0. The summed E-state index contributed by atoms with van der Waals surface area (Å²) in [4.78, 5) is 6.98. The van der Waals surface area contributed by atoms with Gasteiger partial charge in [-0.05, 0) is 37.8 Å². The maximum atomic E-state index is 4.49. The number of anilines is 1. The fourth-order valence-electron chi connectivity index (χ4n) is 2.69. The topological polar surface area (TPSA) is 15.6 Å². The van der Waals surface area contributed by atoms with Crippen molar-refractivity contribution in [3.63, 3.8) is 0 Å². The van der Waals surface area contributed by atoms with Crippen molar-refractivity contribution in [1.29, 1.82) is 0 Å². The highest BCUT2D eigenvalue weighted by atomic mass is 15.1. The van der Waals surface area contributed by atoms with Gasteiger partial charge in [0, 0.05) is 30.6 Å². The van der Waals surface area contributed by atoms with E-state index < -0.39 is 0 Å². The van der Waals surface area contributed by atoms with E-state index in [2.05, 4.69) is 28.9 Å². The van der Waals surface area contributed by atoms with Gasteiger partial charge < -0.3 is 4.90 Å². The van der Waals surface area contributed by atoms with Crippen molar-refractivity contribution in [2.75, 3.05) is 18.0 Å². The molecule has 0 saturated heterocycles. The molecule has 2 heteroatoms. The van der Waals surface area contributed by atoms with Crippen LogP contribution < -0.4 is 4.90 Å². The van der Waals surface area contributed by atoms with Gasteiger partial charge in [0.15, 0.2) is 0 Å². The number of aliphatic imine (C=N–C) groups is 1. The third-order valence-corrected chi connectivity index (χ3v) is 3.44. The normalized spacial score (nSPS) is 17.8. The van der Waals surface area contributed by atoms with Gasteiger partial charge >= 0.3 is 0 Å². The van der Waals surface area contributed by atoms with Crippen molar-refractivity contribution in [3.8, 4) is 0 Å². The highest BCUT2D eigenvalue weighted by molar-refractivity contribution is 5.77. The standard InChI is InChI=1S/C13H16N2/c1-2-15-9-7-10-5-6-12-11(13(10)15)4-3-8-14-12/h5-6,8H,2-4,7,9H2,1H3. The number of likely N-dealkylation sites (N-methyl/N-ethyl adjacent to an activating group) is 1. The highest BCUT2D eigenvalue weighted by Crippen LogP contribution is 2.39. The number of fused-ring (bicyclic) bond motifs is 3. The van der Waals surface area contributed by atoms with Gasteiger partial charge in [-0.15, -0.1) is 0 Å². The third-order valence-electron chi connectivity index (χ3n) is 3.44. The van der Waals surface area contributed by atoms with Crippen LogP contribution in [0.15, 0.2) is 17.1 Å². The molecule has 0 saturated carbocycles. The van der Waals surface area contributed by atoms with Gasteiger partial charge in [-0.1, -0.05) is 6.07 Å². The lowest BCUT2D eigenvalue weighted by atomic mass is 9.99. The van der Waals surface area contributed by atoms with E-state index >= 15 is 0 Å². The van der Waals surface area contributed by atoms with Crippen molar-refractivity contribution in [1.82, 2.24) is 0 Å². The number of nitrogens with zero attached hydrogens (tertiary/aromatic N) is 2. The van der Waals surface area contributed by atoms with Gasteiger partial charge in [-0.2, -0.15) is 0 Å². The summed E-state index contributed by atoms with van der Waals surface area (Å²) < 4.78 is 0. The quantitative estimate of drug-likeness (QED) is 0.680. The van der Waals surface area contributed by atoms with E-state index in [1.54, 1.807) is 0 Å². The third kappa shape index (κ3) is 1.28. The largest absolute Gasteiger partial charge is 0.371 e. The van der Waals surface area contributed by atoms with Crippen LogP contribution >= 0.6 is 0 Å². The molecule has 0 bridgehead atoms. The summed E-state index contributed by atoms with van der Waals surface area (Å²) in [5, 5.41) is 0. The van der Waals surface area contributed by atoms with Crippen molar-refractivity contribution in [2.24, 2.45) is 4.99 Å². The molecule has 1 aromatic rings. The Morgan fingerprint density at radius 2 is 2.27 bits per heavy atom. The monoisotopic (exact) mass is 200 g/mol. The molecule has 0 unspecified atom stereocenters. The molecule has 2 heterocycles. The van der Waals surface area contributed by atoms with Crippen LogP contribution in [0.4, 0.5) is 11.4 Å². The SMILES string of the molecule is CCN1CCc2ccc3c(c21)CCC=N3. The average molecular weight is 200 g/mol. The van der Waals surface area contributed by atoms with Crippen LogP contribution in [0.25, 0.3) is 0 Å². The van der Waals surface area contributed by atoms with E-state index in [0.29, 0.717) is 0 Å². The molecule has 0 aliphatic carbocycles. The zero-order valence-corrected chi connectivity index (χ0v) is 9.16. The molecular weight excluding hydrogens is 184 g/mol. The molecule has 0 amide bonds. The molecule has 0 spiro atoms. The second-order valence-electron chi connectivity index (χ2n) is 4.25. The van der Waals surface area contributed by atoms with Crippen LogP contribution in [0, 0.1) is 0 Å².